The van der Waals surface area contributed by atoms with Gasteiger partial charge in [-0.2, -0.15) is 0 Å². The first-order valence-electron chi connectivity index (χ1n) is 12.2. The normalized spacial score (nSPS) is 12.8. The Morgan fingerprint density at radius 3 is 2.18 bits per heavy atom. The molecule has 0 saturated carbocycles. The fourth-order valence-corrected chi connectivity index (χ4v) is 3.65. The second-order valence-corrected chi connectivity index (χ2v) is 9.21. The van der Waals surface area contributed by atoms with Crippen LogP contribution in [0.15, 0.2) is 24.3 Å². The Hall–Kier alpha value is -2.19. The maximum Gasteiger partial charge on any atom is 0.455 e. The van der Waals surface area contributed by atoms with Crippen LogP contribution in [0, 0.1) is 5.92 Å². The molecule has 184 valence electrons. The zero-order chi connectivity index (χ0) is 24.8. The molecule has 2 amide bonds. The Morgan fingerprint density at radius 1 is 1.00 bits per heavy atom. The largest absolute Gasteiger partial charge is 0.455 e. The van der Waals surface area contributed by atoms with Gasteiger partial charge in [-0.3, -0.25) is 14.4 Å². The van der Waals surface area contributed by atoms with Crippen molar-refractivity contribution < 1.29 is 24.4 Å². The Labute approximate surface area is 198 Å². The number of hydrogen-bond donors (Lipinski definition) is 4. The standard InChI is InChI=1S/C25H41BN2O5/c1-5-7-9-19-11-13-20(14-12-19)25(31)28-22(17-27-24(30)10-8-6-2)23(29)16-21(26(32)33)15-18(3)4/h11-14,18,21-22,32-33H,5-10,15-17H2,1-4H3,(H,27,30)(H,28,31)/t21-,22+/m1/s1. The van der Waals surface area contributed by atoms with Crippen LogP contribution >= 0.6 is 0 Å². The molecule has 0 heterocycles. The van der Waals surface area contributed by atoms with E-state index in [1.54, 1.807) is 12.1 Å². The van der Waals surface area contributed by atoms with Crippen LogP contribution in [0.3, 0.4) is 0 Å². The number of carbonyl (C=O) groups is 3. The molecule has 4 N–H and O–H groups in total. The summed E-state index contributed by atoms with van der Waals surface area (Å²) in [5.74, 6) is -1.37. The number of Topliss-reactive ketones (excluding diaryl/α,β-unsaturated/α-hetero) is 1. The number of aryl methyl sites for hydroxylation is 1. The number of rotatable bonds is 16. The molecule has 0 saturated heterocycles. The van der Waals surface area contributed by atoms with Gasteiger partial charge >= 0.3 is 7.12 Å². The molecule has 0 aromatic heterocycles. The van der Waals surface area contributed by atoms with E-state index in [1.807, 2.05) is 32.9 Å². The SMILES string of the molecule is CCCCC(=O)NC[C@H](NC(=O)c1ccc(CCCC)cc1)C(=O)C[C@@H](CC(C)C)B(O)O. The van der Waals surface area contributed by atoms with Crippen molar-refractivity contribution in [3.8, 4) is 0 Å². The predicted molar refractivity (Wildman–Crippen MR) is 132 cm³/mol. The summed E-state index contributed by atoms with van der Waals surface area (Å²) in [6.45, 7) is 7.97. The monoisotopic (exact) mass is 460 g/mol. The highest BCUT2D eigenvalue weighted by Crippen LogP contribution is 2.24. The highest BCUT2D eigenvalue weighted by molar-refractivity contribution is 6.43. The number of unbranched alkanes of at least 4 members (excludes halogenated alkanes) is 2. The Bertz CT molecular complexity index is 737. The van der Waals surface area contributed by atoms with Crippen LogP contribution in [0.5, 0.6) is 0 Å². The predicted octanol–water partition coefficient (Wildman–Crippen LogP) is 3.28. The van der Waals surface area contributed by atoms with Crippen molar-refractivity contribution >= 4 is 24.7 Å². The molecule has 2 atom stereocenters. The smallest absolute Gasteiger partial charge is 0.427 e. The second kappa shape index (κ2) is 15.6. The van der Waals surface area contributed by atoms with Crippen molar-refractivity contribution in [2.24, 2.45) is 5.92 Å². The maximum atomic E-state index is 13.0. The van der Waals surface area contributed by atoms with E-state index in [9.17, 15) is 24.4 Å². The van der Waals surface area contributed by atoms with Crippen LogP contribution in [-0.4, -0.2) is 47.4 Å². The van der Waals surface area contributed by atoms with Crippen molar-refractivity contribution in [3.63, 3.8) is 0 Å². The second-order valence-electron chi connectivity index (χ2n) is 9.21. The summed E-state index contributed by atoms with van der Waals surface area (Å²) in [6.07, 6.45) is 5.47. The molecule has 33 heavy (non-hydrogen) atoms. The lowest BCUT2D eigenvalue weighted by Crippen LogP contribution is -2.49. The molecule has 0 bridgehead atoms. The quantitative estimate of drug-likeness (QED) is 0.283. The number of hydrogen-bond acceptors (Lipinski definition) is 5. The summed E-state index contributed by atoms with van der Waals surface area (Å²) < 4.78 is 0. The van der Waals surface area contributed by atoms with Gasteiger partial charge in [0.05, 0.1) is 0 Å². The van der Waals surface area contributed by atoms with E-state index in [0.717, 1.165) is 37.7 Å². The lowest BCUT2D eigenvalue weighted by molar-refractivity contribution is -0.122. The summed E-state index contributed by atoms with van der Waals surface area (Å²) >= 11 is 0. The minimum Gasteiger partial charge on any atom is -0.427 e. The lowest BCUT2D eigenvalue weighted by atomic mass is 9.66. The van der Waals surface area contributed by atoms with Gasteiger partial charge in [0.2, 0.25) is 5.91 Å². The minimum atomic E-state index is -1.62. The summed E-state index contributed by atoms with van der Waals surface area (Å²) in [5, 5.41) is 24.9. The zero-order valence-corrected chi connectivity index (χ0v) is 20.6. The third kappa shape index (κ3) is 11.5. The number of carbonyl (C=O) groups excluding carboxylic acids is 3. The number of amides is 2. The lowest BCUT2D eigenvalue weighted by Gasteiger charge is -2.22. The molecular weight excluding hydrogens is 419 g/mol. The van der Waals surface area contributed by atoms with Gasteiger partial charge in [0, 0.05) is 30.8 Å². The molecule has 1 aromatic rings. The molecule has 0 fully saturated rings. The first-order chi connectivity index (χ1) is 15.7. The number of benzene rings is 1. The summed E-state index contributed by atoms with van der Waals surface area (Å²) in [6, 6.07) is 6.35. The molecule has 1 rings (SSSR count). The summed E-state index contributed by atoms with van der Waals surface area (Å²) in [4.78, 5) is 37.9. The Balaban J connectivity index is 2.90. The van der Waals surface area contributed by atoms with Crippen LogP contribution in [-0.2, 0) is 16.0 Å². The third-order valence-electron chi connectivity index (χ3n) is 5.65. The van der Waals surface area contributed by atoms with Crippen molar-refractivity contribution in [3.05, 3.63) is 35.4 Å². The molecule has 8 heteroatoms. The maximum absolute atomic E-state index is 13.0. The molecule has 0 spiro atoms. The van der Waals surface area contributed by atoms with Crippen molar-refractivity contribution in [2.75, 3.05) is 6.54 Å². The highest BCUT2D eigenvalue weighted by atomic mass is 16.4. The van der Waals surface area contributed by atoms with Crippen molar-refractivity contribution in [1.29, 1.82) is 0 Å². The van der Waals surface area contributed by atoms with E-state index in [2.05, 4.69) is 17.6 Å². The van der Waals surface area contributed by atoms with E-state index in [0.29, 0.717) is 18.4 Å². The van der Waals surface area contributed by atoms with Gasteiger partial charge in [-0.05, 0) is 49.3 Å². The van der Waals surface area contributed by atoms with Gasteiger partial charge in [-0.15, -0.1) is 0 Å². The average Bonchev–Trinajstić information content (AvgIpc) is 2.78. The fourth-order valence-electron chi connectivity index (χ4n) is 3.65. The van der Waals surface area contributed by atoms with E-state index in [4.69, 9.17) is 0 Å². The van der Waals surface area contributed by atoms with Crippen LogP contribution < -0.4 is 10.6 Å². The third-order valence-corrected chi connectivity index (χ3v) is 5.65. The number of nitrogens with one attached hydrogen (secondary N) is 2. The van der Waals surface area contributed by atoms with E-state index >= 15 is 0 Å². The molecule has 0 aliphatic heterocycles. The van der Waals surface area contributed by atoms with Gasteiger partial charge in [-0.1, -0.05) is 52.7 Å². The molecule has 7 nitrogen and oxygen atoms in total. The Morgan fingerprint density at radius 2 is 1.64 bits per heavy atom. The van der Waals surface area contributed by atoms with Crippen LogP contribution in [0.2, 0.25) is 5.82 Å². The molecule has 0 unspecified atom stereocenters. The Kier molecular flexibility index (Phi) is 13.7. The van der Waals surface area contributed by atoms with Crippen LogP contribution in [0.25, 0.3) is 0 Å². The molecule has 0 aliphatic rings. The van der Waals surface area contributed by atoms with E-state index in [1.165, 1.54) is 0 Å². The van der Waals surface area contributed by atoms with Gasteiger partial charge in [0.15, 0.2) is 5.78 Å². The summed E-state index contributed by atoms with van der Waals surface area (Å²) in [7, 11) is -1.62. The van der Waals surface area contributed by atoms with Crippen molar-refractivity contribution in [2.45, 2.75) is 90.9 Å². The van der Waals surface area contributed by atoms with Gasteiger partial charge in [0.25, 0.3) is 5.91 Å². The van der Waals surface area contributed by atoms with Gasteiger partial charge in [0.1, 0.15) is 6.04 Å². The molecular formula is C25H41BN2O5. The van der Waals surface area contributed by atoms with Gasteiger partial charge < -0.3 is 20.7 Å². The molecule has 0 radical (unpaired) electrons. The summed E-state index contributed by atoms with van der Waals surface area (Å²) in [5.41, 5.74) is 1.59. The van der Waals surface area contributed by atoms with E-state index < -0.39 is 24.9 Å². The molecule has 1 aromatic carbocycles. The first-order valence-corrected chi connectivity index (χ1v) is 12.2. The van der Waals surface area contributed by atoms with Crippen LogP contribution in [0.4, 0.5) is 0 Å². The highest BCUT2D eigenvalue weighted by Gasteiger charge is 2.31. The van der Waals surface area contributed by atoms with Crippen molar-refractivity contribution in [1.82, 2.24) is 10.6 Å². The average molecular weight is 460 g/mol. The van der Waals surface area contributed by atoms with Crippen LogP contribution in [0.1, 0.15) is 88.6 Å². The minimum absolute atomic E-state index is 0.0301. The fraction of sp³-hybridized carbons (Fsp3) is 0.640. The zero-order valence-electron chi connectivity index (χ0n) is 20.6. The first kappa shape index (κ1) is 28.8. The topological polar surface area (TPSA) is 116 Å². The van der Waals surface area contributed by atoms with Gasteiger partial charge in [-0.25, -0.2) is 0 Å². The molecule has 0 aliphatic carbocycles. The number of ketones is 1. The van der Waals surface area contributed by atoms with E-state index in [-0.39, 0.29) is 30.6 Å².